The molecule has 1 atom stereocenters. The molecule has 6 nitrogen and oxygen atoms in total. The van der Waals surface area contributed by atoms with Crippen LogP contribution in [0.4, 0.5) is 0 Å². The fraction of sp³-hybridized carbons (Fsp3) is 0.846. The van der Waals surface area contributed by atoms with Gasteiger partial charge in [0, 0.05) is 0 Å². The first-order valence-electron chi connectivity index (χ1n) is 6.74. The molecule has 1 saturated heterocycles. The molecule has 0 aromatic heterocycles. The van der Waals surface area contributed by atoms with E-state index in [1.165, 1.54) is 7.11 Å². The Balaban J connectivity index is 2.33. The highest BCUT2D eigenvalue weighted by Gasteiger charge is 2.25. The number of rotatable bonds is 6. The van der Waals surface area contributed by atoms with E-state index in [4.69, 9.17) is 4.74 Å². The van der Waals surface area contributed by atoms with E-state index in [9.17, 15) is 9.59 Å². The van der Waals surface area contributed by atoms with Crippen LogP contribution >= 0.6 is 0 Å². The molecular formula is C13H24N2O4. The summed E-state index contributed by atoms with van der Waals surface area (Å²) < 4.78 is 10.2. The third kappa shape index (κ3) is 5.57. The van der Waals surface area contributed by atoms with Crippen molar-refractivity contribution in [3.05, 3.63) is 0 Å². The molecule has 1 heterocycles. The maximum atomic E-state index is 11.8. The molecule has 0 aromatic carbocycles. The van der Waals surface area contributed by atoms with Crippen LogP contribution in [0.25, 0.3) is 0 Å². The maximum absolute atomic E-state index is 11.8. The van der Waals surface area contributed by atoms with Gasteiger partial charge in [-0.1, -0.05) is 13.8 Å². The largest absolute Gasteiger partial charge is 0.467 e. The summed E-state index contributed by atoms with van der Waals surface area (Å²) in [6.45, 7) is 5.54. The zero-order valence-electron chi connectivity index (χ0n) is 11.9. The van der Waals surface area contributed by atoms with Crippen LogP contribution < -0.4 is 10.6 Å². The van der Waals surface area contributed by atoms with Gasteiger partial charge in [-0.25, -0.2) is 4.79 Å². The lowest BCUT2D eigenvalue weighted by atomic mass is 10.0. The van der Waals surface area contributed by atoms with Crippen molar-refractivity contribution < 1.29 is 19.1 Å². The molecule has 0 aliphatic carbocycles. The van der Waals surface area contributed by atoms with Crippen LogP contribution in [0.15, 0.2) is 0 Å². The van der Waals surface area contributed by atoms with Gasteiger partial charge in [-0.2, -0.15) is 0 Å². The second-order valence-corrected chi connectivity index (χ2v) is 5.07. The Bertz CT molecular complexity index is 301. The van der Waals surface area contributed by atoms with Gasteiger partial charge in [-0.05, 0) is 31.8 Å². The van der Waals surface area contributed by atoms with E-state index in [-0.39, 0.29) is 24.5 Å². The topological polar surface area (TPSA) is 76.7 Å². The number of hydrogen-bond donors (Lipinski definition) is 2. The number of nitrogens with one attached hydrogen (secondary N) is 2. The highest BCUT2D eigenvalue weighted by molar-refractivity contribution is 5.85. The Morgan fingerprint density at radius 1 is 1.32 bits per heavy atom. The zero-order valence-corrected chi connectivity index (χ0v) is 11.9. The van der Waals surface area contributed by atoms with Crippen molar-refractivity contribution in [3.8, 4) is 0 Å². The average molecular weight is 272 g/mol. The highest BCUT2D eigenvalue weighted by Crippen LogP contribution is 2.07. The summed E-state index contributed by atoms with van der Waals surface area (Å²) >= 11 is 0. The lowest BCUT2D eigenvalue weighted by molar-refractivity contribution is -0.147. The SMILES string of the molecule is COC(=O)C(NC(=O)COC1CCNCC1)C(C)C. The Hall–Kier alpha value is -1.14. The molecule has 1 aliphatic heterocycles. The number of methoxy groups -OCH3 is 1. The van der Waals surface area contributed by atoms with Crippen LogP contribution in [0.2, 0.25) is 0 Å². The number of carbonyl (C=O) groups is 2. The minimum absolute atomic E-state index is 0.00905. The van der Waals surface area contributed by atoms with E-state index in [0.717, 1.165) is 25.9 Å². The van der Waals surface area contributed by atoms with Crippen LogP contribution in [-0.2, 0) is 19.1 Å². The molecule has 0 radical (unpaired) electrons. The van der Waals surface area contributed by atoms with Gasteiger partial charge in [0.1, 0.15) is 12.6 Å². The standard InChI is InChI=1S/C13H24N2O4/c1-9(2)12(13(17)18-3)15-11(16)8-19-10-4-6-14-7-5-10/h9-10,12,14H,4-8H2,1-3H3,(H,15,16). The lowest BCUT2D eigenvalue weighted by Gasteiger charge is -2.24. The summed E-state index contributed by atoms with van der Waals surface area (Å²) in [7, 11) is 1.31. The van der Waals surface area contributed by atoms with E-state index in [1.807, 2.05) is 13.8 Å². The fourth-order valence-corrected chi connectivity index (χ4v) is 2.00. The van der Waals surface area contributed by atoms with E-state index in [0.29, 0.717) is 0 Å². The molecule has 6 heteroatoms. The Morgan fingerprint density at radius 3 is 2.47 bits per heavy atom. The predicted octanol–water partition coefficient (Wildman–Crippen LogP) is 0.0688. The third-order valence-electron chi connectivity index (χ3n) is 3.17. The van der Waals surface area contributed by atoms with Gasteiger partial charge in [0.15, 0.2) is 0 Å². The van der Waals surface area contributed by atoms with Gasteiger partial charge in [0.25, 0.3) is 0 Å². The molecule has 1 rings (SSSR count). The van der Waals surface area contributed by atoms with Gasteiger partial charge in [0.05, 0.1) is 13.2 Å². The molecule has 0 aromatic rings. The summed E-state index contributed by atoms with van der Waals surface area (Å²) in [5.74, 6) is -0.719. The number of ether oxygens (including phenoxy) is 2. The van der Waals surface area contributed by atoms with E-state index in [2.05, 4.69) is 15.4 Å². The summed E-state index contributed by atoms with van der Waals surface area (Å²) in [5, 5.41) is 5.88. The van der Waals surface area contributed by atoms with Gasteiger partial charge in [-0.15, -0.1) is 0 Å². The van der Waals surface area contributed by atoms with Crippen molar-refractivity contribution in [2.45, 2.75) is 38.8 Å². The summed E-state index contributed by atoms with van der Waals surface area (Å²) in [6.07, 6.45) is 1.96. The number of esters is 1. The molecule has 0 bridgehead atoms. The average Bonchev–Trinajstić information content (AvgIpc) is 2.42. The van der Waals surface area contributed by atoms with Crippen LogP contribution in [0.3, 0.4) is 0 Å². The van der Waals surface area contributed by atoms with E-state index >= 15 is 0 Å². The van der Waals surface area contributed by atoms with Crippen molar-refractivity contribution in [2.75, 3.05) is 26.8 Å². The first-order valence-corrected chi connectivity index (χ1v) is 6.74. The van der Waals surface area contributed by atoms with Crippen molar-refractivity contribution in [3.63, 3.8) is 0 Å². The molecule has 19 heavy (non-hydrogen) atoms. The van der Waals surface area contributed by atoms with Crippen LogP contribution in [0.5, 0.6) is 0 Å². The van der Waals surface area contributed by atoms with Crippen LogP contribution in [-0.4, -0.2) is 50.8 Å². The van der Waals surface area contributed by atoms with Gasteiger partial charge >= 0.3 is 5.97 Å². The smallest absolute Gasteiger partial charge is 0.328 e. The van der Waals surface area contributed by atoms with Crippen molar-refractivity contribution in [1.29, 1.82) is 0 Å². The number of piperidine rings is 1. The normalized spacial score (nSPS) is 18.1. The molecule has 1 amide bonds. The second kappa shape index (κ2) is 8.12. The molecule has 1 aliphatic rings. The van der Waals surface area contributed by atoms with Crippen LogP contribution in [0, 0.1) is 5.92 Å². The Kier molecular flexibility index (Phi) is 6.80. The minimum atomic E-state index is -0.617. The zero-order chi connectivity index (χ0) is 14.3. The summed E-state index contributed by atoms with van der Waals surface area (Å²) in [6, 6.07) is -0.617. The molecule has 1 unspecified atom stereocenters. The Labute approximate surface area is 114 Å². The molecule has 110 valence electrons. The maximum Gasteiger partial charge on any atom is 0.328 e. The summed E-state index contributed by atoms with van der Waals surface area (Å²) in [5.41, 5.74) is 0. The minimum Gasteiger partial charge on any atom is -0.467 e. The quantitative estimate of drug-likeness (QED) is 0.669. The molecule has 2 N–H and O–H groups in total. The van der Waals surface area contributed by atoms with Gasteiger partial charge < -0.3 is 20.1 Å². The fourth-order valence-electron chi connectivity index (χ4n) is 2.00. The van der Waals surface area contributed by atoms with E-state index in [1.54, 1.807) is 0 Å². The van der Waals surface area contributed by atoms with Gasteiger partial charge in [-0.3, -0.25) is 4.79 Å². The second-order valence-electron chi connectivity index (χ2n) is 5.07. The number of hydrogen-bond acceptors (Lipinski definition) is 5. The monoisotopic (exact) mass is 272 g/mol. The molecular weight excluding hydrogens is 248 g/mol. The first kappa shape index (κ1) is 15.9. The molecule has 0 spiro atoms. The number of amides is 1. The van der Waals surface area contributed by atoms with E-state index < -0.39 is 12.0 Å². The van der Waals surface area contributed by atoms with Crippen molar-refractivity contribution in [2.24, 2.45) is 5.92 Å². The number of carbonyl (C=O) groups excluding carboxylic acids is 2. The molecule has 0 saturated carbocycles. The van der Waals surface area contributed by atoms with Crippen molar-refractivity contribution >= 4 is 11.9 Å². The predicted molar refractivity (Wildman–Crippen MR) is 70.6 cm³/mol. The van der Waals surface area contributed by atoms with Crippen molar-refractivity contribution in [1.82, 2.24) is 10.6 Å². The Morgan fingerprint density at radius 2 is 1.95 bits per heavy atom. The van der Waals surface area contributed by atoms with Crippen LogP contribution in [0.1, 0.15) is 26.7 Å². The first-order chi connectivity index (χ1) is 9.04. The third-order valence-corrected chi connectivity index (χ3v) is 3.17. The highest BCUT2D eigenvalue weighted by atomic mass is 16.5. The van der Waals surface area contributed by atoms with Gasteiger partial charge in [0.2, 0.25) is 5.91 Å². The molecule has 1 fully saturated rings. The summed E-state index contributed by atoms with van der Waals surface area (Å²) in [4.78, 5) is 23.3. The lowest BCUT2D eigenvalue weighted by Crippen LogP contribution is -2.46.